The molecule has 0 unspecified atom stereocenters. The number of nitrogens with zero attached hydrogens (tertiary/aromatic N) is 4. The maximum absolute atomic E-state index is 12.8. The molecule has 2 aromatic carbocycles. The molecule has 4 heterocycles. The van der Waals surface area contributed by atoms with Gasteiger partial charge >= 0.3 is 0 Å². The van der Waals surface area contributed by atoms with E-state index in [0.717, 1.165) is 46.1 Å². The van der Waals surface area contributed by atoms with E-state index in [-0.39, 0.29) is 17.9 Å². The number of hydrogen-bond acceptors (Lipinski definition) is 6. The molecule has 1 fully saturated rings. The van der Waals surface area contributed by atoms with E-state index in [1.807, 2.05) is 57.4 Å². The lowest BCUT2D eigenvalue weighted by Gasteiger charge is -2.32. The first-order valence-electron chi connectivity index (χ1n) is 13.1. The van der Waals surface area contributed by atoms with Gasteiger partial charge in [0.2, 0.25) is 5.91 Å². The van der Waals surface area contributed by atoms with Crippen LogP contribution in [0.2, 0.25) is 0 Å². The number of piperidine rings is 1. The fraction of sp³-hybridized carbons (Fsp3) is 0.161. The predicted octanol–water partition coefficient (Wildman–Crippen LogP) is 6.01. The van der Waals surface area contributed by atoms with Gasteiger partial charge in [0.25, 0.3) is 5.91 Å². The molecule has 1 aliphatic heterocycles. The summed E-state index contributed by atoms with van der Waals surface area (Å²) in [6, 6.07) is 18.7. The quantitative estimate of drug-likeness (QED) is 0.253. The third-order valence-electron chi connectivity index (χ3n) is 7.27. The third-order valence-corrected chi connectivity index (χ3v) is 7.95. The molecular formula is C31H28N6O2S. The predicted molar refractivity (Wildman–Crippen MR) is 160 cm³/mol. The third kappa shape index (κ3) is 4.76. The van der Waals surface area contributed by atoms with E-state index in [4.69, 9.17) is 10.8 Å². The lowest BCUT2D eigenvalue weighted by molar-refractivity contribution is -0.127. The first kappa shape index (κ1) is 25.5. The molecular weight excluding hydrogens is 520 g/mol. The Kier molecular flexibility index (Phi) is 6.88. The number of hydrogen-bond donors (Lipinski definition) is 2. The van der Waals surface area contributed by atoms with Crippen LogP contribution in [0.5, 0.6) is 0 Å². The molecule has 9 heteroatoms. The average Bonchev–Trinajstić information content (AvgIpc) is 3.67. The average molecular weight is 549 g/mol. The van der Waals surface area contributed by atoms with Crippen molar-refractivity contribution in [2.24, 2.45) is 0 Å². The highest BCUT2D eigenvalue weighted by atomic mass is 32.1. The molecule has 3 aromatic heterocycles. The Morgan fingerprint density at radius 3 is 2.60 bits per heavy atom. The number of carbonyl (C=O) groups excluding carboxylic acids is 2. The van der Waals surface area contributed by atoms with E-state index in [9.17, 15) is 9.59 Å². The summed E-state index contributed by atoms with van der Waals surface area (Å²) in [6.45, 7) is 4.89. The van der Waals surface area contributed by atoms with Gasteiger partial charge in [0.15, 0.2) is 0 Å². The monoisotopic (exact) mass is 548 g/mol. The van der Waals surface area contributed by atoms with Crippen LogP contribution in [-0.2, 0) is 4.79 Å². The van der Waals surface area contributed by atoms with Crippen molar-refractivity contribution in [2.45, 2.75) is 18.9 Å². The van der Waals surface area contributed by atoms with Crippen molar-refractivity contribution < 1.29 is 9.59 Å². The van der Waals surface area contributed by atoms with Crippen LogP contribution in [0.3, 0.4) is 0 Å². The van der Waals surface area contributed by atoms with Gasteiger partial charge in [0, 0.05) is 41.7 Å². The van der Waals surface area contributed by atoms with Gasteiger partial charge in [-0.1, -0.05) is 36.9 Å². The van der Waals surface area contributed by atoms with E-state index in [2.05, 4.69) is 28.3 Å². The maximum atomic E-state index is 12.8. The van der Waals surface area contributed by atoms with E-state index in [1.165, 1.54) is 6.08 Å². The molecule has 0 bridgehead atoms. The van der Waals surface area contributed by atoms with Crippen LogP contribution in [0.4, 0.5) is 11.5 Å². The Balaban J connectivity index is 1.44. The molecule has 40 heavy (non-hydrogen) atoms. The minimum atomic E-state index is -0.191. The number of nitrogens with one attached hydrogen (secondary N) is 1. The second kappa shape index (κ2) is 10.8. The second-order valence-electron chi connectivity index (χ2n) is 9.77. The van der Waals surface area contributed by atoms with E-state index in [0.29, 0.717) is 30.2 Å². The van der Waals surface area contributed by atoms with Gasteiger partial charge in [0.05, 0.1) is 16.9 Å². The standard InChI is InChI=1S/C31H28N6O2S/c1-2-26(38)36-15-6-9-24(18-36)37-29-25(22-14-16-40-19-22)17-33-30(32)27(29)28(35-37)20-10-12-21(13-11-20)31(39)34-23-7-4-3-5-8-23/h2-5,7-8,10-14,16-17,19,24H,1,6,9,15,18H2,(H2,32,33)(H,34,39)/t24-/m1/s1. The van der Waals surface area contributed by atoms with Crippen LogP contribution in [0.15, 0.2) is 90.3 Å². The summed E-state index contributed by atoms with van der Waals surface area (Å²) in [5.41, 5.74) is 12.2. The Labute approximate surface area is 235 Å². The molecule has 5 aromatic rings. The van der Waals surface area contributed by atoms with Crippen LogP contribution in [0, 0.1) is 0 Å². The van der Waals surface area contributed by atoms with Gasteiger partial charge in [-0.3, -0.25) is 14.3 Å². The number of fused-ring (bicyclic) bond motifs is 1. The number of aromatic nitrogens is 3. The SMILES string of the molecule is C=CC(=O)N1CCC[C@@H](n2nc(-c3ccc(C(=O)Nc4ccccc4)cc3)c3c(N)ncc(-c4ccsc4)c32)C1. The molecule has 2 amide bonds. The van der Waals surface area contributed by atoms with Crippen LogP contribution in [0.1, 0.15) is 29.2 Å². The van der Waals surface area contributed by atoms with Crippen molar-refractivity contribution >= 4 is 45.6 Å². The number of nitrogens with two attached hydrogens (primary N) is 1. The fourth-order valence-corrected chi connectivity index (χ4v) is 5.93. The lowest BCUT2D eigenvalue weighted by atomic mass is 10.0. The van der Waals surface area contributed by atoms with Crippen LogP contribution < -0.4 is 11.1 Å². The van der Waals surface area contributed by atoms with Crippen LogP contribution >= 0.6 is 11.3 Å². The van der Waals surface area contributed by atoms with Crippen molar-refractivity contribution in [1.82, 2.24) is 19.7 Å². The molecule has 0 radical (unpaired) electrons. The Hall–Kier alpha value is -4.76. The van der Waals surface area contributed by atoms with Crippen molar-refractivity contribution in [3.63, 3.8) is 0 Å². The molecule has 1 atom stereocenters. The minimum absolute atomic E-state index is 0.0380. The molecule has 200 valence electrons. The lowest BCUT2D eigenvalue weighted by Crippen LogP contribution is -2.40. The highest BCUT2D eigenvalue weighted by Crippen LogP contribution is 2.40. The van der Waals surface area contributed by atoms with Crippen molar-refractivity contribution in [3.05, 3.63) is 95.8 Å². The number of benzene rings is 2. The summed E-state index contributed by atoms with van der Waals surface area (Å²) >= 11 is 1.61. The molecule has 0 saturated carbocycles. The van der Waals surface area contributed by atoms with E-state index < -0.39 is 0 Å². The number of rotatable bonds is 6. The number of nitrogen functional groups attached to an aromatic ring is 1. The highest BCUT2D eigenvalue weighted by molar-refractivity contribution is 7.08. The molecule has 8 nitrogen and oxygen atoms in total. The summed E-state index contributed by atoms with van der Waals surface area (Å²) in [7, 11) is 0. The minimum Gasteiger partial charge on any atom is -0.383 e. The fourth-order valence-electron chi connectivity index (χ4n) is 5.28. The topological polar surface area (TPSA) is 106 Å². The number of amides is 2. The summed E-state index contributed by atoms with van der Waals surface area (Å²) in [5.74, 6) is 0.115. The van der Waals surface area contributed by atoms with Crippen molar-refractivity contribution in [1.29, 1.82) is 0 Å². The summed E-state index contributed by atoms with van der Waals surface area (Å²) in [6.07, 6.45) is 4.90. The van der Waals surface area contributed by atoms with E-state index in [1.54, 1.807) is 29.7 Å². The normalized spacial score (nSPS) is 15.2. The molecule has 0 spiro atoms. The summed E-state index contributed by atoms with van der Waals surface area (Å²) in [4.78, 5) is 31.7. The number of carbonyl (C=O) groups is 2. The second-order valence-corrected chi connectivity index (χ2v) is 10.5. The zero-order valence-electron chi connectivity index (χ0n) is 21.8. The van der Waals surface area contributed by atoms with Gasteiger partial charge < -0.3 is 16.0 Å². The molecule has 1 aliphatic rings. The highest BCUT2D eigenvalue weighted by Gasteiger charge is 2.29. The summed E-state index contributed by atoms with van der Waals surface area (Å²) < 4.78 is 2.02. The maximum Gasteiger partial charge on any atom is 0.255 e. The van der Waals surface area contributed by atoms with Crippen LogP contribution in [-0.4, -0.2) is 44.6 Å². The number of para-hydroxylation sites is 1. The van der Waals surface area contributed by atoms with Crippen LogP contribution in [0.25, 0.3) is 33.3 Å². The first-order valence-corrected chi connectivity index (χ1v) is 14.0. The first-order chi connectivity index (χ1) is 19.5. The molecule has 3 N–H and O–H groups in total. The Morgan fingerprint density at radius 2 is 1.88 bits per heavy atom. The molecule has 0 aliphatic carbocycles. The largest absolute Gasteiger partial charge is 0.383 e. The zero-order chi connectivity index (χ0) is 27.6. The van der Waals surface area contributed by atoms with Gasteiger partial charge in [-0.05, 0) is 65.6 Å². The Bertz CT molecular complexity index is 1690. The number of thiophene rings is 1. The van der Waals surface area contributed by atoms with Gasteiger partial charge in [-0.25, -0.2) is 4.98 Å². The van der Waals surface area contributed by atoms with Gasteiger partial charge in [-0.2, -0.15) is 16.4 Å². The van der Waals surface area contributed by atoms with Crippen molar-refractivity contribution in [3.8, 4) is 22.4 Å². The summed E-state index contributed by atoms with van der Waals surface area (Å²) in [5, 5.41) is 12.9. The number of likely N-dealkylation sites (tertiary alicyclic amines) is 1. The number of pyridine rings is 1. The molecule has 6 rings (SSSR count). The molecule has 1 saturated heterocycles. The zero-order valence-corrected chi connectivity index (χ0v) is 22.6. The number of anilines is 2. The Morgan fingerprint density at radius 1 is 1.07 bits per heavy atom. The smallest absolute Gasteiger partial charge is 0.255 e. The van der Waals surface area contributed by atoms with E-state index >= 15 is 0 Å². The van der Waals surface area contributed by atoms with Gasteiger partial charge in [-0.15, -0.1) is 0 Å². The van der Waals surface area contributed by atoms with Gasteiger partial charge in [0.1, 0.15) is 11.5 Å². The van der Waals surface area contributed by atoms with Crippen molar-refractivity contribution in [2.75, 3.05) is 24.1 Å².